The summed E-state index contributed by atoms with van der Waals surface area (Å²) in [6.07, 6.45) is 3.38. The summed E-state index contributed by atoms with van der Waals surface area (Å²) < 4.78 is 0. The molecule has 0 spiro atoms. The first-order valence-electron chi connectivity index (χ1n) is 3.78. The van der Waals surface area contributed by atoms with E-state index in [1.807, 2.05) is 6.92 Å². The van der Waals surface area contributed by atoms with Gasteiger partial charge in [-0.1, -0.05) is 18.7 Å². The SMILES string of the molecule is CSC(=O)C1CCC(C)C1=O. The van der Waals surface area contributed by atoms with Crippen molar-refractivity contribution in [1.82, 2.24) is 0 Å². The van der Waals surface area contributed by atoms with E-state index >= 15 is 0 Å². The summed E-state index contributed by atoms with van der Waals surface area (Å²) in [6, 6.07) is 0. The first-order valence-corrected chi connectivity index (χ1v) is 5.01. The number of carbonyl (C=O) groups is 2. The van der Waals surface area contributed by atoms with Crippen LogP contribution in [0.15, 0.2) is 0 Å². The van der Waals surface area contributed by atoms with E-state index in [1.165, 1.54) is 11.8 Å². The lowest BCUT2D eigenvalue weighted by Gasteiger charge is -2.03. The zero-order valence-electron chi connectivity index (χ0n) is 6.79. The number of hydrogen-bond acceptors (Lipinski definition) is 3. The molecule has 11 heavy (non-hydrogen) atoms. The number of hydrogen-bond donors (Lipinski definition) is 0. The zero-order chi connectivity index (χ0) is 8.43. The second-order valence-corrected chi connectivity index (χ2v) is 3.77. The maximum atomic E-state index is 11.3. The Bertz CT molecular complexity index is 189. The Kier molecular flexibility index (Phi) is 2.71. The van der Waals surface area contributed by atoms with E-state index in [0.717, 1.165) is 12.8 Å². The first kappa shape index (κ1) is 8.78. The average molecular weight is 172 g/mol. The molecule has 1 aliphatic rings. The van der Waals surface area contributed by atoms with Crippen LogP contribution < -0.4 is 0 Å². The summed E-state index contributed by atoms with van der Waals surface area (Å²) in [4.78, 5) is 22.4. The van der Waals surface area contributed by atoms with Crippen molar-refractivity contribution in [2.24, 2.45) is 11.8 Å². The van der Waals surface area contributed by atoms with Gasteiger partial charge in [-0.05, 0) is 19.1 Å². The summed E-state index contributed by atoms with van der Waals surface area (Å²) >= 11 is 1.17. The fraction of sp³-hybridized carbons (Fsp3) is 0.750. The van der Waals surface area contributed by atoms with Crippen LogP contribution in [-0.2, 0) is 9.59 Å². The van der Waals surface area contributed by atoms with E-state index in [2.05, 4.69) is 0 Å². The first-order chi connectivity index (χ1) is 5.16. The van der Waals surface area contributed by atoms with Crippen LogP contribution in [0.25, 0.3) is 0 Å². The summed E-state index contributed by atoms with van der Waals surface area (Å²) in [5.41, 5.74) is 0. The number of rotatable bonds is 1. The van der Waals surface area contributed by atoms with Crippen molar-refractivity contribution < 1.29 is 9.59 Å². The Hall–Kier alpha value is -0.310. The van der Waals surface area contributed by atoms with Gasteiger partial charge in [-0.3, -0.25) is 9.59 Å². The predicted octanol–water partition coefficient (Wildman–Crippen LogP) is 1.49. The molecule has 2 nitrogen and oxygen atoms in total. The van der Waals surface area contributed by atoms with E-state index in [4.69, 9.17) is 0 Å². The summed E-state index contributed by atoms with van der Waals surface area (Å²) in [5.74, 6) is -0.0413. The van der Waals surface area contributed by atoms with E-state index in [1.54, 1.807) is 6.26 Å². The van der Waals surface area contributed by atoms with Crippen molar-refractivity contribution in [2.45, 2.75) is 19.8 Å². The van der Waals surface area contributed by atoms with Crippen molar-refractivity contribution >= 4 is 22.7 Å². The van der Waals surface area contributed by atoms with E-state index in [-0.39, 0.29) is 22.7 Å². The van der Waals surface area contributed by atoms with Crippen molar-refractivity contribution in [3.05, 3.63) is 0 Å². The van der Waals surface area contributed by atoms with Gasteiger partial charge in [0.2, 0.25) is 0 Å². The van der Waals surface area contributed by atoms with Crippen LogP contribution in [0.4, 0.5) is 0 Å². The molecule has 0 N–H and O–H groups in total. The Balaban J connectivity index is 2.62. The third-order valence-corrected chi connectivity index (χ3v) is 2.89. The molecule has 0 bridgehead atoms. The van der Waals surface area contributed by atoms with E-state index in [9.17, 15) is 9.59 Å². The molecule has 1 fully saturated rings. The fourth-order valence-corrected chi connectivity index (χ4v) is 1.94. The smallest absolute Gasteiger partial charge is 0.199 e. The largest absolute Gasteiger partial charge is 0.299 e. The van der Waals surface area contributed by atoms with E-state index < -0.39 is 0 Å². The van der Waals surface area contributed by atoms with Gasteiger partial charge in [0.15, 0.2) is 5.12 Å². The third kappa shape index (κ3) is 1.64. The highest BCUT2D eigenvalue weighted by Crippen LogP contribution is 2.29. The second kappa shape index (κ2) is 3.39. The molecule has 1 aliphatic carbocycles. The van der Waals surface area contributed by atoms with Crippen LogP contribution in [0.1, 0.15) is 19.8 Å². The van der Waals surface area contributed by atoms with Gasteiger partial charge in [-0.15, -0.1) is 0 Å². The normalized spacial score (nSPS) is 30.9. The van der Waals surface area contributed by atoms with Gasteiger partial charge in [-0.25, -0.2) is 0 Å². The van der Waals surface area contributed by atoms with Gasteiger partial charge < -0.3 is 0 Å². The molecular formula is C8H12O2S. The fourth-order valence-electron chi connectivity index (χ4n) is 1.42. The summed E-state index contributed by atoms with van der Waals surface area (Å²) in [7, 11) is 0. The van der Waals surface area contributed by atoms with Crippen molar-refractivity contribution in [1.29, 1.82) is 0 Å². The molecule has 0 amide bonds. The third-order valence-electron chi connectivity index (χ3n) is 2.20. The van der Waals surface area contributed by atoms with Crippen LogP contribution >= 0.6 is 11.8 Å². The van der Waals surface area contributed by atoms with Gasteiger partial charge in [0.25, 0.3) is 0 Å². The second-order valence-electron chi connectivity index (χ2n) is 2.96. The van der Waals surface area contributed by atoms with Gasteiger partial charge in [-0.2, -0.15) is 0 Å². The lowest BCUT2D eigenvalue weighted by Crippen LogP contribution is -2.18. The standard InChI is InChI=1S/C8H12O2S/c1-5-3-4-6(7(5)9)8(10)11-2/h5-6H,3-4H2,1-2H3. The molecule has 0 radical (unpaired) electrons. The van der Waals surface area contributed by atoms with Gasteiger partial charge in [0.05, 0.1) is 5.92 Å². The number of carbonyl (C=O) groups excluding carboxylic acids is 2. The summed E-state index contributed by atoms with van der Waals surface area (Å²) in [5, 5.41) is 0.0411. The molecule has 2 atom stereocenters. The highest BCUT2D eigenvalue weighted by Gasteiger charge is 2.35. The molecule has 0 aromatic heterocycles. The quantitative estimate of drug-likeness (QED) is 0.562. The lowest BCUT2D eigenvalue weighted by molar-refractivity contribution is -0.128. The maximum absolute atomic E-state index is 11.3. The zero-order valence-corrected chi connectivity index (χ0v) is 7.61. The van der Waals surface area contributed by atoms with Crippen LogP contribution in [0.5, 0.6) is 0 Å². The Morgan fingerprint density at radius 1 is 1.55 bits per heavy atom. The minimum atomic E-state index is -0.292. The molecule has 62 valence electrons. The number of thioether (sulfide) groups is 1. The highest BCUT2D eigenvalue weighted by molar-refractivity contribution is 8.13. The minimum Gasteiger partial charge on any atom is -0.299 e. The van der Waals surface area contributed by atoms with Crippen LogP contribution in [0, 0.1) is 11.8 Å². The maximum Gasteiger partial charge on any atom is 0.199 e. The molecule has 3 heteroatoms. The Morgan fingerprint density at radius 3 is 2.55 bits per heavy atom. The van der Waals surface area contributed by atoms with Crippen molar-refractivity contribution in [3.63, 3.8) is 0 Å². The molecule has 0 heterocycles. The topological polar surface area (TPSA) is 34.1 Å². The van der Waals surface area contributed by atoms with Crippen molar-refractivity contribution in [2.75, 3.05) is 6.26 Å². The van der Waals surface area contributed by atoms with Crippen LogP contribution in [-0.4, -0.2) is 17.2 Å². The monoisotopic (exact) mass is 172 g/mol. The number of ketones is 1. The molecule has 2 unspecified atom stereocenters. The summed E-state index contributed by atoms with van der Waals surface area (Å²) in [6.45, 7) is 1.90. The number of Topliss-reactive ketones (excluding diaryl/α,β-unsaturated/α-hetero) is 1. The predicted molar refractivity (Wildman–Crippen MR) is 45.4 cm³/mol. The van der Waals surface area contributed by atoms with Crippen molar-refractivity contribution in [3.8, 4) is 0 Å². The minimum absolute atomic E-state index is 0.0411. The van der Waals surface area contributed by atoms with Crippen LogP contribution in [0.3, 0.4) is 0 Å². The molecule has 0 aromatic carbocycles. The molecule has 1 saturated carbocycles. The highest BCUT2D eigenvalue weighted by atomic mass is 32.2. The van der Waals surface area contributed by atoms with Gasteiger partial charge >= 0.3 is 0 Å². The van der Waals surface area contributed by atoms with Gasteiger partial charge in [0.1, 0.15) is 5.78 Å². The Morgan fingerprint density at radius 2 is 2.18 bits per heavy atom. The molecule has 0 aromatic rings. The average Bonchev–Trinajstić information content (AvgIpc) is 2.32. The molecule has 0 aliphatic heterocycles. The van der Waals surface area contributed by atoms with Gasteiger partial charge in [0, 0.05) is 5.92 Å². The molecule has 0 saturated heterocycles. The Labute approximate surface area is 70.7 Å². The molecule has 1 rings (SSSR count). The molecular weight excluding hydrogens is 160 g/mol. The van der Waals surface area contributed by atoms with Crippen LogP contribution in [0.2, 0.25) is 0 Å². The lowest BCUT2D eigenvalue weighted by atomic mass is 10.1. The van der Waals surface area contributed by atoms with E-state index in [0.29, 0.717) is 0 Å².